The summed E-state index contributed by atoms with van der Waals surface area (Å²) < 4.78 is 26.5. The molecule has 6 heteroatoms. The Morgan fingerprint density at radius 1 is 1.60 bits per heavy atom. The lowest BCUT2D eigenvalue weighted by Crippen LogP contribution is -2.23. The topological polar surface area (TPSA) is 46.6 Å². The second kappa shape index (κ2) is 4.12. The van der Waals surface area contributed by atoms with Crippen LogP contribution in [-0.4, -0.2) is 38.8 Å². The molecule has 0 spiro atoms. The van der Waals surface area contributed by atoms with Crippen molar-refractivity contribution in [3.8, 4) is 0 Å². The highest BCUT2D eigenvalue weighted by Gasteiger charge is 2.11. The summed E-state index contributed by atoms with van der Waals surface area (Å²) in [5.41, 5.74) is 0. The third-order valence-electron chi connectivity index (χ3n) is 0.831. The zero-order chi connectivity index (χ0) is 8.20. The molecule has 0 amide bonds. The van der Waals surface area contributed by atoms with Crippen molar-refractivity contribution >= 4 is 21.8 Å². The van der Waals surface area contributed by atoms with Crippen molar-refractivity contribution in [2.75, 3.05) is 26.5 Å². The number of sulfonamides is 1. The molecule has 0 aliphatic heterocycles. The van der Waals surface area contributed by atoms with Gasteiger partial charge in [-0.25, -0.2) is 8.42 Å². The Labute approximate surface area is 65.9 Å². The summed E-state index contributed by atoms with van der Waals surface area (Å²) in [6.07, 6.45) is 1.04. The fourth-order valence-corrected chi connectivity index (χ4v) is 0.804. The van der Waals surface area contributed by atoms with Gasteiger partial charge in [0.05, 0.1) is 19.4 Å². The van der Waals surface area contributed by atoms with Gasteiger partial charge >= 0.3 is 0 Å². The number of hydrogen-bond donors (Lipinski definition) is 0. The number of hydrogen-bond acceptors (Lipinski definition) is 3. The number of halogens is 1. The highest BCUT2D eigenvalue weighted by atomic mass is 35.5. The summed E-state index contributed by atoms with van der Waals surface area (Å²) in [7, 11) is -1.78. The minimum atomic E-state index is -3.26. The molecule has 0 bridgehead atoms. The van der Waals surface area contributed by atoms with Crippen LogP contribution < -0.4 is 0 Å². The highest BCUT2D eigenvalue weighted by molar-refractivity contribution is 7.89. The largest absolute Gasteiger partial charge is 0.383 e. The molecule has 0 heterocycles. The van der Waals surface area contributed by atoms with E-state index in [2.05, 4.69) is 4.74 Å². The molecular formula is C4H10ClNO3S. The van der Waals surface area contributed by atoms with Crippen LogP contribution in [0.5, 0.6) is 0 Å². The average molecular weight is 188 g/mol. The molecule has 0 aromatic heterocycles. The molecule has 0 unspecified atom stereocenters. The Bertz CT molecular complexity index is 179. The van der Waals surface area contributed by atoms with Crippen molar-refractivity contribution in [1.29, 1.82) is 0 Å². The third-order valence-corrected chi connectivity index (χ3v) is 2.65. The van der Waals surface area contributed by atoms with E-state index in [4.69, 9.17) is 11.8 Å². The van der Waals surface area contributed by atoms with Gasteiger partial charge in [0.2, 0.25) is 10.0 Å². The molecule has 0 aromatic carbocycles. The Morgan fingerprint density at radius 2 is 2.10 bits per heavy atom. The summed E-state index contributed by atoms with van der Waals surface area (Å²) in [6, 6.07) is 0. The Morgan fingerprint density at radius 3 is 2.40 bits per heavy atom. The molecule has 0 saturated heterocycles. The maximum atomic E-state index is 10.6. The molecule has 0 atom stereocenters. The van der Waals surface area contributed by atoms with Crippen molar-refractivity contribution < 1.29 is 13.2 Å². The molecule has 0 aliphatic rings. The van der Waals surface area contributed by atoms with Crippen LogP contribution in [0.4, 0.5) is 0 Å². The zero-order valence-corrected chi connectivity index (χ0v) is 7.44. The second-order valence-corrected chi connectivity index (χ2v) is 4.28. The molecule has 4 nitrogen and oxygen atoms in total. The number of nitrogens with zero attached hydrogens (tertiary/aromatic N) is 1. The van der Waals surface area contributed by atoms with Gasteiger partial charge in [0.1, 0.15) is 0 Å². The van der Waals surface area contributed by atoms with E-state index in [-0.39, 0.29) is 6.54 Å². The zero-order valence-electron chi connectivity index (χ0n) is 5.87. The number of ether oxygens (including phenoxy) is 1. The van der Waals surface area contributed by atoms with Gasteiger partial charge in [0, 0.05) is 7.11 Å². The molecular weight excluding hydrogens is 178 g/mol. The first-order chi connectivity index (χ1) is 4.48. The number of rotatable bonds is 4. The first-order valence-electron chi connectivity index (χ1n) is 2.61. The van der Waals surface area contributed by atoms with Crippen LogP contribution in [0.3, 0.4) is 0 Å². The van der Waals surface area contributed by atoms with Crippen molar-refractivity contribution in [3.05, 3.63) is 0 Å². The molecule has 62 valence electrons. The van der Waals surface area contributed by atoms with Crippen LogP contribution in [0.25, 0.3) is 0 Å². The lowest BCUT2D eigenvalue weighted by Gasteiger charge is -2.08. The standard InChI is InChI=1S/C4H10ClNO3S/c1-9-4-3-6(5)10(2,7)8/h3-4H2,1-2H3. The van der Waals surface area contributed by atoms with E-state index < -0.39 is 10.0 Å². The van der Waals surface area contributed by atoms with Gasteiger partial charge in [-0.2, -0.15) is 0 Å². The smallest absolute Gasteiger partial charge is 0.224 e. The fraction of sp³-hybridized carbons (Fsp3) is 1.00. The Balaban J connectivity index is 3.75. The lowest BCUT2D eigenvalue weighted by molar-refractivity contribution is 0.194. The first-order valence-corrected chi connectivity index (χ1v) is 4.79. The Kier molecular flexibility index (Phi) is 4.19. The van der Waals surface area contributed by atoms with Crippen LogP contribution in [0, 0.1) is 0 Å². The lowest BCUT2D eigenvalue weighted by atomic mass is 10.7. The average Bonchev–Trinajstić information content (AvgIpc) is 1.80. The summed E-state index contributed by atoms with van der Waals surface area (Å²) in [6.45, 7) is 0.480. The van der Waals surface area contributed by atoms with Gasteiger partial charge in [-0.1, -0.05) is 0 Å². The SMILES string of the molecule is COCCN(Cl)S(C)(=O)=O. The van der Waals surface area contributed by atoms with Gasteiger partial charge < -0.3 is 4.74 Å². The molecule has 0 saturated carbocycles. The van der Waals surface area contributed by atoms with E-state index in [0.29, 0.717) is 6.61 Å². The van der Waals surface area contributed by atoms with Crippen LogP contribution in [0.2, 0.25) is 0 Å². The molecule has 0 N–H and O–H groups in total. The van der Waals surface area contributed by atoms with E-state index >= 15 is 0 Å². The van der Waals surface area contributed by atoms with Crippen LogP contribution in [-0.2, 0) is 14.8 Å². The molecule has 10 heavy (non-hydrogen) atoms. The molecule has 0 fully saturated rings. The maximum Gasteiger partial charge on any atom is 0.224 e. The van der Waals surface area contributed by atoms with Gasteiger partial charge in [-0.15, -0.1) is 3.82 Å². The van der Waals surface area contributed by atoms with Crippen LogP contribution in [0.1, 0.15) is 0 Å². The van der Waals surface area contributed by atoms with E-state index in [9.17, 15) is 8.42 Å². The van der Waals surface area contributed by atoms with Gasteiger partial charge in [-0.05, 0) is 11.8 Å². The monoisotopic (exact) mass is 187 g/mol. The van der Waals surface area contributed by atoms with Gasteiger partial charge in [-0.3, -0.25) is 0 Å². The van der Waals surface area contributed by atoms with Crippen molar-refractivity contribution in [2.45, 2.75) is 0 Å². The third kappa shape index (κ3) is 4.05. The predicted molar refractivity (Wildman–Crippen MR) is 39.3 cm³/mol. The quantitative estimate of drug-likeness (QED) is 0.585. The van der Waals surface area contributed by atoms with Crippen LogP contribution >= 0.6 is 11.8 Å². The van der Waals surface area contributed by atoms with E-state index in [0.717, 1.165) is 10.1 Å². The highest BCUT2D eigenvalue weighted by Crippen LogP contribution is 2.00. The summed E-state index contributed by atoms with van der Waals surface area (Å²) in [4.78, 5) is 0. The van der Waals surface area contributed by atoms with Crippen LogP contribution in [0.15, 0.2) is 0 Å². The summed E-state index contributed by atoms with van der Waals surface area (Å²) in [5, 5.41) is 0. The predicted octanol–water partition coefficient (Wildman–Crippen LogP) is 0.0482. The summed E-state index contributed by atoms with van der Waals surface area (Å²) >= 11 is 5.30. The molecule has 0 radical (unpaired) electrons. The van der Waals surface area contributed by atoms with E-state index in [1.807, 2.05) is 0 Å². The maximum absolute atomic E-state index is 10.6. The molecule has 0 aliphatic carbocycles. The fourth-order valence-electron chi connectivity index (χ4n) is 0.329. The summed E-state index contributed by atoms with van der Waals surface area (Å²) in [5.74, 6) is 0. The van der Waals surface area contributed by atoms with Gasteiger partial charge in [0.25, 0.3) is 0 Å². The minimum absolute atomic E-state index is 0.177. The van der Waals surface area contributed by atoms with E-state index in [1.165, 1.54) is 7.11 Å². The van der Waals surface area contributed by atoms with Crippen molar-refractivity contribution in [1.82, 2.24) is 3.82 Å². The second-order valence-electron chi connectivity index (χ2n) is 1.77. The van der Waals surface area contributed by atoms with Crippen molar-refractivity contribution in [2.24, 2.45) is 0 Å². The minimum Gasteiger partial charge on any atom is -0.383 e. The first kappa shape index (κ1) is 10.2. The van der Waals surface area contributed by atoms with Gasteiger partial charge in [0.15, 0.2) is 0 Å². The Hall–Kier alpha value is 0.160. The number of methoxy groups -OCH3 is 1. The normalized spacial score (nSPS) is 12.4. The molecule has 0 aromatic rings. The van der Waals surface area contributed by atoms with E-state index in [1.54, 1.807) is 0 Å². The molecule has 0 rings (SSSR count). The van der Waals surface area contributed by atoms with Crippen molar-refractivity contribution in [3.63, 3.8) is 0 Å².